The zero-order valence-corrected chi connectivity index (χ0v) is 8.48. The van der Waals surface area contributed by atoms with Crippen molar-refractivity contribution in [3.05, 3.63) is 18.3 Å². The van der Waals surface area contributed by atoms with Crippen molar-refractivity contribution in [1.29, 1.82) is 0 Å². The molecule has 0 heterocycles. The Balaban J connectivity index is 3.92. The van der Waals surface area contributed by atoms with Gasteiger partial charge in [-0.3, -0.25) is 0 Å². The van der Waals surface area contributed by atoms with Gasteiger partial charge in [-0.2, -0.15) is 0 Å². The predicted molar refractivity (Wildman–Crippen MR) is 50.6 cm³/mol. The Morgan fingerprint density at radius 2 is 2.00 bits per heavy atom. The standard InChI is InChI=1S/C10H19O2/c1-6-9(10(4,5)11)12-7-8(2)3/h11H,2,6-7H2,1,3-5H3. The number of ether oxygens (including phenoxy) is 1. The van der Waals surface area contributed by atoms with Crippen LogP contribution in [-0.4, -0.2) is 17.3 Å². The first-order chi connectivity index (χ1) is 5.38. The highest BCUT2D eigenvalue weighted by Gasteiger charge is 2.26. The lowest BCUT2D eigenvalue weighted by atomic mass is 10.00. The summed E-state index contributed by atoms with van der Waals surface area (Å²) >= 11 is 0. The van der Waals surface area contributed by atoms with Crippen LogP contribution >= 0.6 is 0 Å². The lowest BCUT2D eigenvalue weighted by Crippen LogP contribution is -2.30. The van der Waals surface area contributed by atoms with Crippen LogP contribution in [0.5, 0.6) is 0 Å². The molecule has 0 saturated carbocycles. The van der Waals surface area contributed by atoms with Crippen molar-refractivity contribution in [2.75, 3.05) is 6.61 Å². The second kappa shape index (κ2) is 4.63. The fourth-order valence-corrected chi connectivity index (χ4v) is 0.922. The highest BCUT2D eigenvalue weighted by atomic mass is 16.5. The van der Waals surface area contributed by atoms with Crippen molar-refractivity contribution in [3.8, 4) is 0 Å². The second-order valence-electron chi connectivity index (χ2n) is 3.58. The quantitative estimate of drug-likeness (QED) is 0.643. The molecule has 12 heavy (non-hydrogen) atoms. The van der Waals surface area contributed by atoms with E-state index in [1.54, 1.807) is 13.8 Å². The molecule has 0 unspecified atom stereocenters. The molecule has 1 N–H and O–H groups in total. The molecule has 0 amide bonds. The van der Waals surface area contributed by atoms with Gasteiger partial charge in [0.25, 0.3) is 0 Å². The molecular formula is C10H19O2. The van der Waals surface area contributed by atoms with Crippen molar-refractivity contribution in [3.63, 3.8) is 0 Å². The van der Waals surface area contributed by atoms with Gasteiger partial charge in [-0.1, -0.05) is 19.1 Å². The Kier molecular flexibility index (Phi) is 4.50. The molecular weight excluding hydrogens is 152 g/mol. The van der Waals surface area contributed by atoms with E-state index in [-0.39, 0.29) is 0 Å². The Hall–Kier alpha value is -0.340. The maximum absolute atomic E-state index is 9.60. The van der Waals surface area contributed by atoms with E-state index in [2.05, 4.69) is 6.58 Å². The number of hydrogen-bond donors (Lipinski definition) is 1. The predicted octanol–water partition coefficient (Wildman–Crippen LogP) is 2.29. The summed E-state index contributed by atoms with van der Waals surface area (Å²) in [7, 11) is 0. The SMILES string of the molecule is C=C(C)CO[C](CC)C(C)(C)O. The van der Waals surface area contributed by atoms with Crippen LogP contribution in [0.15, 0.2) is 12.2 Å². The van der Waals surface area contributed by atoms with Crippen LogP contribution in [0.4, 0.5) is 0 Å². The van der Waals surface area contributed by atoms with Crippen molar-refractivity contribution in [2.24, 2.45) is 0 Å². The summed E-state index contributed by atoms with van der Waals surface area (Å²) in [6.45, 7) is 11.5. The maximum Gasteiger partial charge on any atom is 0.128 e. The van der Waals surface area contributed by atoms with Crippen LogP contribution < -0.4 is 0 Å². The molecule has 0 saturated heterocycles. The first-order valence-corrected chi connectivity index (χ1v) is 4.23. The fraction of sp³-hybridized carbons (Fsp3) is 0.700. The van der Waals surface area contributed by atoms with E-state index in [1.165, 1.54) is 0 Å². The fourth-order valence-electron chi connectivity index (χ4n) is 0.922. The van der Waals surface area contributed by atoms with Crippen molar-refractivity contribution in [1.82, 2.24) is 0 Å². The summed E-state index contributed by atoms with van der Waals surface area (Å²) in [5, 5.41) is 9.60. The van der Waals surface area contributed by atoms with Crippen LogP contribution in [0.1, 0.15) is 34.1 Å². The normalized spacial score (nSPS) is 12.2. The molecule has 0 aromatic rings. The molecule has 71 valence electrons. The molecule has 0 aliphatic rings. The first kappa shape index (κ1) is 11.7. The van der Waals surface area contributed by atoms with Crippen LogP contribution in [0.25, 0.3) is 0 Å². The highest BCUT2D eigenvalue weighted by Crippen LogP contribution is 2.23. The van der Waals surface area contributed by atoms with Gasteiger partial charge in [-0.25, -0.2) is 0 Å². The molecule has 0 rings (SSSR count). The average molecular weight is 171 g/mol. The number of aliphatic hydroxyl groups is 1. The number of rotatable bonds is 5. The van der Waals surface area contributed by atoms with Crippen molar-refractivity contribution in [2.45, 2.75) is 39.7 Å². The summed E-state index contributed by atoms with van der Waals surface area (Å²) in [6.07, 6.45) is 1.45. The summed E-state index contributed by atoms with van der Waals surface area (Å²) in [6, 6.07) is 0. The van der Waals surface area contributed by atoms with Gasteiger partial charge in [0, 0.05) is 0 Å². The van der Waals surface area contributed by atoms with Gasteiger partial charge in [-0.05, 0) is 27.2 Å². The summed E-state index contributed by atoms with van der Waals surface area (Å²) in [5.74, 6) is 0. The third-order valence-corrected chi connectivity index (χ3v) is 1.50. The van der Waals surface area contributed by atoms with E-state index in [0.717, 1.165) is 12.0 Å². The molecule has 2 nitrogen and oxygen atoms in total. The zero-order valence-electron chi connectivity index (χ0n) is 8.48. The van der Waals surface area contributed by atoms with Gasteiger partial charge in [0.05, 0.1) is 12.2 Å². The van der Waals surface area contributed by atoms with Gasteiger partial charge in [0.15, 0.2) is 0 Å². The van der Waals surface area contributed by atoms with E-state index < -0.39 is 5.60 Å². The largest absolute Gasteiger partial charge is 0.387 e. The van der Waals surface area contributed by atoms with Gasteiger partial charge < -0.3 is 9.84 Å². The molecule has 0 aliphatic carbocycles. The molecule has 0 aromatic heterocycles. The second-order valence-corrected chi connectivity index (χ2v) is 3.58. The van der Waals surface area contributed by atoms with Crippen LogP contribution in [0.3, 0.4) is 0 Å². The smallest absolute Gasteiger partial charge is 0.128 e. The van der Waals surface area contributed by atoms with Gasteiger partial charge in [0.2, 0.25) is 0 Å². The van der Waals surface area contributed by atoms with E-state index in [4.69, 9.17) is 4.74 Å². The zero-order chi connectivity index (χ0) is 9.78. The topological polar surface area (TPSA) is 29.5 Å². The summed E-state index contributed by atoms with van der Waals surface area (Å²) in [5.41, 5.74) is 0.120. The third kappa shape index (κ3) is 4.52. The number of hydrogen-bond acceptors (Lipinski definition) is 2. The molecule has 0 aliphatic heterocycles. The van der Waals surface area contributed by atoms with Crippen LogP contribution in [0.2, 0.25) is 0 Å². The van der Waals surface area contributed by atoms with Crippen molar-refractivity contribution >= 4 is 0 Å². The molecule has 1 radical (unpaired) electrons. The molecule has 0 aromatic carbocycles. The monoisotopic (exact) mass is 171 g/mol. The molecule has 0 atom stereocenters. The summed E-state index contributed by atoms with van der Waals surface area (Å²) in [4.78, 5) is 0. The lowest BCUT2D eigenvalue weighted by molar-refractivity contribution is -0.0119. The lowest BCUT2D eigenvalue weighted by Gasteiger charge is -2.27. The Morgan fingerprint density at radius 1 is 1.50 bits per heavy atom. The van der Waals surface area contributed by atoms with Crippen LogP contribution in [-0.2, 0) is 4.74 Å². The Morgan fingerprint density at radius 3 is 2.25 bits per heavy atom. The average Bonchev–Trinajstić information content (AvgIpc) is 1.85. The molecule has 0 spiro atoms. The summed E-state index contributed by atoms with van der Waals surface area (Å²) < 4.78 is 5.38. The van der Waals surface area contributed by atoms with E-state index >= 15 is 0 Å². The molecule has 0 bridgehead atoms. The third-order valence-electron chi connectivity index (χ3n) is 1.50. The minimum absolute atomic E-state index is 0.493. The molecule has 0 fully saturated rings. The van der Waals surface area contributed by atoms with Gasteiger partial charge in [-0.15, -0.1) is 0 Å². The Labute approximate surface area is 75.2 Å². The van der Waals surface area contributed by atoms with Gasteiger partial charge >= 0.3 is 0 Å². The van der Waals surface area contributed by atoms with E-state index in [9.17, 15) is 5.11 Å². The minimum atomic E-state index is -0.843. The van der Waals surface area contributed by atoms with Crippen LogP contribution in [0, 0.1) is 6.10 Å². The molecule has 2 heteroatoms. The maximum atomic E-state index is 9.60. The highest BCUT2D eigenvalue weighted by molar-refractivity contribution is 4.97. The van der Waals surface area contributed by atoms with Gasteiger partial charge in [0.1, 0.15) is 6.10 Å². The van der Waals surface area contributed by atoms with Crippen molar-refractivity contribution < 1.29 is 9.84 Å². The Bertz CT molecular complexity index is 144. The van der Waals surface area contributed by atoms with E-state index in [0.29, 0.717) is 12.7 Å². The minimum Gasteiger partial charge on any atom is -0.387 e. The first-order valence-electron chi connectivity index (χ1n) is 4.23. The van der Waals surface area contributed by atoms with E-state index in [1.807, 2.05) is 13.8 Å².